The van der Waals surface area contributed by atoms with E-state index in [-0.39, 0.29) is 30.3 Å². The van der Waals surface area contributed by atoms with E-state index in [1.165, 1.54) is 6.92 Å². The summed E-state index contributed by atoms with van der Waals surface area (Å²) in [7, 11) is 0. The fraction of sp³-hybridized carbons (Fsp3) is 0.467. The summed E-state index contributed by atoms with van der Waals surface area (Å²) in [6.07, 6.45) is 0.853. The van der Waals surface area contributed by atoms with Crippen molar-refractivity contribution in [2.75, 3.05) is 11.9 Å². The third-order valence-corrected chi connectivity index (χ3v) is 2.84. The second kappa shape index (κ2) is 9.37. The van der Waals surface area contributed by atoms with E-state index in [1.807, 2.05) is 0 Å². The molecule has 4 N–H and O–H groups in total. The number of hydrogen-bond donors (Lipinski definition) is 3. The van der Waals surface area contributed by atoms with Crippen LogP contribution >= 0.6 is 12.4 Å². The molecule has 1 aromatic carbocycles. The van der Waals surface area contributed by atoms with Crippen molar-refractivity contribution in [3.05, 3.63) is 29.8 Å². The van der Waals surface area contributed by atoms with Crippen LogP contribution in [0.3, 0.4) is 0 Å². The van der Waals surface area contributed by atoms with E-state index in [0.29, 0.717) is 23.7 Å². The number of benzene rings is 1. The fourth-order valence-corrected chi connectivity index (χ4v) is 1.96. The van der Waals surface area contributed by atoms with Gasteiger partial charge in [0.1, 0.15) is 0 Å². The van der Waals surface area contributed by atoms with Crippen LogP contribution in [-0.2, 0) is 4.79 Å². The molecule has 1 rings (SSSR count). The number of carbonyl (C=O) groups excluding carboxylic acids is 2. The molecule has 0 aromatic heterocycles. The SMILES string of the molecule is CC(=O)Nc1ccc(C(=O)NC(CN)CC(C)C)cc1.Cl. The van der Waals surface area contributed by atoms with Crippen LogP contribution < -0.4 is 16.4 Å². The molecule has 0 radical (unpaired) electrons. The van der Waals surface area contributed by atoms with Gasteiger partial charge in [0.2, 0.25) is 5.91 Å². The number of halogens is 1. The third-order valence-electron chi connectivity index (χ3n) is 2.84. The molecule has 1 unspecified atom stereocenters. The van der Waals surface area contributed by atoms with Gasteiger partial charge in [-0.3, -0.25) is 9.59 Å². The first-order valence-corrected chi connectivity index (χ1v) is 6.81. The predicted octanol–water partition coefficient (Wildman–Crippen LogP) is 2.17. The van der Waals surface area contributed by atoms with E-state index >= 15 is 0 Å². The normalized spacial score (nSPS) is 11.5. The number of rotatable bonds is 6. The Morgan fingerprint density at radius 1 is 1.19 bits per heavy atom. The van der Waals surface area contributed by atoms with Crippen LogP contribution in [0.25, 0.3) is 0 Å². The first-order chi connectivity index (χ1) is 9.42. The Hall–Kier alpha value is -1.59. The molecule has 0 fully saturated rings. The summed E-state index contributed by atoms with van der Waals surface area (Å²) in [6.45, 7) is 6.06. The Morgan fingerprint density at radius 3 is 2.19 bits per heavy atom. The minimum atomic E-state index is -0.143. The molecule has 0 bridgehead atoms. The summed E-state index contributed by atoms with van der Waals surface area (Å²) in [4.78, 5) is 23.0. The van der Waals surface area contributed by atoms with Gasteiger partial charge >= 0.3 is 0 Å². The van der Waals surface area contributed by atoms with Crippen LogP contribution in [0, 0.1) is 5.92 Å². The van der Waals surface area contributed by atoms with Crippen molar-refractivity contribution in [2.24, 2.45) is 11.7 Å². The van der Waals surface area contributed by atoms with Gasteiger partial charge in [0.15, 0.2) is 0 Å². The van der Waals surface area contributed by atoms with Gasteiger partial charge in [0, 0.05) is 30.8 Å². The lowest BCUT2D eigenvalue weighted by Crippen LogP contribution is -2.41. The summed E-state index contributed by atoms with van der Waals surface area (Å²) < 4.78 is 0. The van der Waals surface area contributed by atoms with E-state index in [1.54, 1.807) is 24.3 Å². The number of carbonyl (C=O) groups is 2. The van der Waals surface area contributed by atoms with Gasteiger partial charge in [-0.15, -0.1) is 12.4 Å². The second-order valence-corrected chi connectivity index (χ2v) is 5.29. The first kappa shape index (κ1) is 19.4. The Labute approximate surface area is 132 Å². The number of nitrogens with one attached hydrogen (secondary N) is 2. The lowest BCUT2D eigenvalue weighted by atomic mass is 10.0. The summed E-state index contributed by atoms with van der Waals surface area (Å²) in [5, 5.41) is 5.58. The zero-order chi connectivity index (χ0) is 15.1. The molecule has 118 valence electrons. The maximum absolute atomic E-state index is 12.1. The quantitative estimate of drug-likeness (QED) is 0.752. The average molecular weight is 314 g/mol. The number of anilines is 1. The van der Waals surface area contributed by atoms with Crippen molar-refractivity contribution in [1.82, 2.24) is 5.32 Å². The Kier molecular flexibility index (Phi) is 8.66. The van der Waals surface area contributed by atoms with Gasteiger partial charge in [0.05, 0.1) is 0 Å². The fourth-order valence-electron chi connectivity index (χ4n) is 1.96. The summed E-state index contributed by atoms with van der Waals surface area (Å²) in [5.41, 5.74) is 6.89. The molecule has 0 aliphatic rings. The van der Waals surface area contributed by atoms with Gasteiger partial charge in [0.25, 0.3) is 5.91 Å². The standard InChI is InChI=1S/C15H23N3O2.ClH/c1-10(2)8-14(9-16)18-15(20)12-4-6-13(7-5-12)17-11(3)19;/h4-7,10,14H,8-9,16H2,1-3H3,(H,17,19)(H,18,20);1H. The molecule has 1 aromatic rings. The third kappa shape index (κ3) is 7.11. The average Bonchev–Trinajstić information content (AvgIpc) is 2.37. The smallest absolute Gasteiger partial charge is 0.251 e. The molecule has 6 heteroatoms. The van der Waals surface area contributed by atoms with Gasteiger partial charge in [-0.05, 0) is 36.6 Å². The highest BCUT2D eigenvalue weighted by Gasteiger charge is 2.13. The van der Waals surface area contributed by atoms with Crippen molar-refractivity contribution >= 4 is 29.9 Å². The lowest BCUT2D eigenvalue weighted by Gasteiger charge is -2.18. The van der Waals surface area contributed by atoms with Crippen LogP contribution in [0.4, 0.5) is 5.69 Å². The Bertz CT molecular complexity index is 460. The largest absolute Gasteiger partial charge is 0.348 e. The first-order valence-electron chi connectivity index (χ1n) is 6.81. The van der Waals surface area contributed by atoms with E-state index < -0.39 is 0 Å². The molecular formula is C15H24ClN3O2. The molecule has 0 saturated heterocycles. The maximum Gasteiger partial charge on any atom is 0.251 e. The van der Waals surface area contributed by atoms with Crippen molar-refractivity contribution in [2.45, 2.75) is 33.2 Å². The summed E-state index contributed by atoms with van der Waals surface area (Å²) in [6, 6.07) is 6.76. The molecule has 21 heavy (non-hydrogen) atoms. The van der Waals surface area contributed by atoms with E-state index in [9.17, 15) is 9.59 Å². The molecule has 0 aliphatic heterocycles. The van der Waals surface area contributed by atoms with Gasteiger partial charge in [-0.2, -0.15) is 0 Å². The Balaban J connectivity index is 0.00000400. The van der Waals surface area contributed by atoms with Crippen LogP contribution in [0.1, 0.15) is 37.6 Å². The summed E-state index contributed by atoms with van der Waals surface area (Å²) in [5.74, 6) is 0.198. The Morgan fingerprint density at radius 2 is 1.76 bits per heavy atom. The minimum absolute atomic E-state index is 0. The molecule has 0 aliphatic carbocycles. The molecule has 2 amide bonds. The van der Waals surface area contributed by atoms with Crippen molar-refractivity contribution in [3.63, 3.8) is 0 Å². The number of nitrogens with two attached hydrogens (primary N) is 1. The van der Waals surface area contributed by atoms with Crippen LogP contribution in [-0.4, -0.2) is 24.4 Å². The summed E-state index contributed by atoms with van der Waals surface area (Å²) >= 11 is 0. The lowest BCUT2D eigenvalue weighted by molar-refractivity contribution is -0.114. The topological polar surface area (TPSA) is 84.2 Å². The number of hydrogen-bond acceptors (Lipinski definition) is 3. The van der Waals surface area contributed by atoms with Crippen molar-refractivity contribution in [1.29, 1.82) is 0 Å². The number of amides is 2. The van der Waals surface area contributed by atoms with Crippen LogP contribution in [0.5, 0.6) is 0 Å². The van der Waals surface area contributed by atoms with E-state index in [4.69, 9.17) is 5.73 Å². The van der Waals surface area contributed by atoms with E-state index in [2.05, 4.69) is 24.5 Å². The monoisotopic (exact) mass is 313 g/mol. The molecule has 5 nitrogen and oxygen atoms in total. The van der Waals surface area contributed by atoms with Crippen molar-refractivity contribution in [3.8, 4) is 0 Å². The van der Waals surface area contributed by atoms with Gasteiger partial charge in [-0.1, -0.05) is 13.8 Å². The predicted molar refractivity (Wildman–Crippen MR) is 87.8 cm³/mol. The maximum atomic E-state index is 12.1. The molecule has 1 atom stereocenters. The van der Waals surface area contributed by atoms with Gasteiger partial charge in [-0.25, -0.2) is 0 Å². The zero-order valence-electron chi connectivity index (χ0n) is 12.7. The molecule has 0 heterocycles. The second-order valence-electron chi connectivity index (χ2n) is 5.29. The highest BCUT2D eigenvalue weighted by molar-refractivity contribution is 5.95. The van der Waals surface area contributed by atoms with Gasteiger partial charge < -0.3 is 16.4 Å². The highest BCUT2D eigenvalue weighted by Crippen LogP contribution is 2.10. The highest BCUT2D eigenvalue weighted by atomic mass is 35.5. The minimum Gasteiger partial charge on any atom is -0.348 e. The van der Waals surface area contributed by atoms with Crippen LogP contribution in [0.2, 0.25) is 0 Å². The van der Waals surface area contributed by atoms with Crippen molar-refractivity contribution < 1.29 is 9.59 Å². The molecule has 0 saturated carbocycles. The zero-order valence-corrected chi connectivity index (χ0v) is 13.5. The van der Waals surface area contributed by atoms with Crippen LogP contribution in [0.15, 0.2) is 24.3 Å². The molecular weight excluding hydrogens is 290 g/mol. The van der Waals surface area contributed by atoms with E-state index in [0.717, 1.165) is 6.42 Å². The molecule has 0 spiro atoms.